The van der Waals surface area contributed by atoms with E-state index < -0.39 is 0 Å². The van der Waals surface area contributed by atoms with E-state index in [4.69, 9.17) is 10.1 Å². The van der Waals surface area contributed by atoms with Crippen LogP contribution in [0.4, 0.5) is 0 Å². The van der Waals surface area contributed by atoms with Gasteiger partial charge in [-0.3, -0.25) is 4.99 Å². The molecule has 25 heavy (non-hydrogen) atoms. The molecule has 2 aromatic heterocycles. The van der Waals surface area contributed by atoms with Crippen LogP contribution in [0.15, 0.2) is 45.9 Å². The third kappa shape index (κ3) is 2.95. The third-order valence-electron chi connectivity index (χ3n) is 4.20. The zero-order valence-corrected chi connectivity index (χ0v) is 16.1. The van der Waals surface area contributed by atoms with Crippen LogP contribution in [0.2, 0.25) is 0 Å². The first-order valence-electron chi connectivity index (χ1n) is 8.38. The second-order valence-electron chi connectivity index (χ2n) is 7.22. The molecule has 6 heteroatoms. The predicted molar refractivity (Wildman–Crippen MR) is 104 cm³/mol. The molecule has 0 amide bonds. The molecule has 0 spiro atoms. The number of nitrogens with zero attached hydrogens (tertiary/aromatic N) is 4. The summed E-state index contributed by atoms with van der Waals surface area (Å²) in [5, 5.41) is 8.17. The van der Waals surface area contributed by atoms with Crippen molar-refractivity contribution < 1.29 is 0 Å². The molecule has 3 heterocycles. The number of aliphatic imine (C=N–C) groups is 1. The first-order chi connectivity index (χ1) is 11.9. The molecule has 4 rings (SSSR count). The average Bonchev–Trinajstić information content (AvgIpc) is 3.23. The lowest BCUT2D eigenvalue weighted by Crippen LogP contribution is -2.20. The number of halogens is 1. The van der Waals surface area contributed by atoms with Gasteiger partial charge in [-0.15, -0.1) is 0 Å². The Morgan fingerprint density at radius 2 is 2.00 bits per heavy atom. The Hall–Kier alpha value is -2.21. The lowest BCUT2D eigenvalue weighted by molar-refractivity contribution is 0.545. The minimum absolute atomic E-state index is 0.122. The van der Waals surface area contributed by atoms with Gasteiger partial charge in [-0.1, -0.05) is 48.8 Å². The summed E-state index contributed by atoms with van der Waals surface area (Å²) in [7, 11) is 0. The van der Waals surface area contributed by atoms with E-state index in [1.807, 2.05) is 16.6 Å². The number of hydrogen-bond donors (Lipinski definition) is 1. The van der Waals surface area contributed by atoms with E-state index in [0.717, 1.165) is 51.7 Å². The Morgan fingerprint density at radius 3 is 2.68 bits per heavy atom. The molecule has 3 aromatic rings. The highest BCUT2D eigenvalue weighted by Crippen LogP contribution is 2.27. The zero-order valence-electron chi connectivity index (χ0n) is 14.5. The van der Waals surface area contributed by atoms with Crippen LogP contribution in [0, 0.1) is 0 Å². The van der Waals surface area contributed by atoms with Gasteiger partial charge in [0.25, 0.3) is 0 Å². The molecule has 0 aliphatic carbocycles. The highest BCUT2D eigenvalue weighted by atomic mass is 79.9. The van der Waals surface area contributed by atoms with Crippen molar-refractivity contribution in [2.24, 2.45) is 4.99 Å². The lowest BCUT2D eigenvalue weighted by atomic mass is 9.96. The van der Waals surface area contributed by atoms with Crippen molar-refractivity contribution in [3.63, 3.8) is 0 Å². The molecule has 0 saturated carbocycles. The van der Waals surface area contributed by atoms with Crippen LogP contribution in [-0.4, -0.2) is 33.5 Å². The first kappa shape index (κ1) is 16.3. The number of amidine groups is 1. The van der Waals surface area contributed by atoms with Gasteiger partial charge in [-0.25, -0.2) is 9.50 Å². The summed E-state index contributed by atoms with van der Waals surface area (Å²) in [5.74, 6) is 1.73. The molecule has 0 radical (unpaired) electrons. The smallest absolute Gasteiger partial charge is 0.167 e. The van der Waals surface area contributed by atoms with Crippen molar-refractivity contribution in [1.29, 1.82) is 0 Å². The van der Waals surface area contributed by atoms with Crippen LogP contribution < -0.4 is 5.32 Å². The van der Waals surface area contributed by atoms with Gasteiger partial charge in [0.2, 0.25) is 0 Å². The molecule has 1 aliphatic rings. The van der Waals surface area contributed by atoms with Gasteiger partial charge >= 0.3 is 0 Å². The topological polar surface area (TPSA) is 54.6 Å². The van der Waals surface area contributed by atoms with E-state index >= 15 is 0 Å². The summed E-state index contributed by atoms with van der Waals surface area (Å²) in [4.78, 5) is 9.42. The minimum Gasteiger partial charge on any atom is -0.368 e. The van der Waals surface area contributed by atoms with Crippen molar-refractivity contribution in [3.05, 3.63) is 52.3 Å². The standard InChI is InChI=1S/C19H20BrN5/c1-19(2,3)18-23-17-14(16-21-9-10-22-16)7-8-15(25(17)24-18)12-5-4-6-13(20)11-12/h4-8,11H,9-10H2,1-3H3,(H,21,22). The maximum Gasteiger partial charge on any atom is 0.167 e. The van der Waals surface area contributed by atoms with Crippen LogP contribution >= 0.6 is 15.9 Å². The van der Waals surface area contributed by atoms with Gasteiger partial charge in [0.05, 0.1) is 17.8 Å². The Balaban J connectivity index is 1.99. The number of pyridine rings is 1. The van der Waals surface area contributed by atoms with Gasteiger partial charge < -0.3 is 5.32 Å². The van der Waals surface area contributed by atoms with Crippen molar-refractivity contribution in [1.82, 2.24) is 19.9 Å². The normalized spacial score (nSPS) is 14.6. The molecule has 1 aromatic carbocycles. The van der Waals surface area contributed by atoms with Crippen molar-refractivity contribution >= 4 is 27.4 Å². The minimum atomic E-state index is -0.122. The van der Waals surface area contributed by atoms with Crippen LogP contribution in [0.5, 0.6) is 0 Å². The largest absolute Gasteiger partial charge is 0.368 e. The van der Waals surface area contributed by atoms with Gasteiger partial charge in [0.15, 0.2) is 11.5 Å². The average molecular weight is 398 g/mol. The maximum atomic E-state index is 4.86. The Bertz CT molecular complexity index is 981. The zero-order chi connectivity index (χ0) is 17.6. The number of aromatic nitrogens is 3. The quantitative estimate of drug-likeness (QED) is 0.715. The fourth-order valence-corrected chi connectivity index (χ4v) is 3.31. The number of hydrogen-bond acceptors (Lipinski definition) is 4. The number of rotatable bonds is 2. The van der Waals surface area contributed by atoms with Gasteiger partial charge in [-0.05, 0) is 24.3 Å². The Labute approximate surface area is 155 Å². The van der Waals surface area contributed by atoms with E-state index in [0.29, 0.717) is 0 Å². The van der Waals surface area contributed by atoms with E-state index in [1.165, 1.54) is 0 Å². The summed E-state index contributed by atoms with van der Waals surface area (Å²) in [6, 6.07) is 12.4. The molecule has 128 valence electrons. The maximum absolute atomic E-state index is 4.86. The second kappa shape index (κ2) is 5.95. The van der Waals surface area contributed by atoms with Crippen molar-refractivity contribution in [2.45, 2.75) is 26.2 Å². The predicted octanol–water partition coefficient (Wildman–Crippen LogP) is 3.81. The van der Waals surface area contributed by atoms with Crippen LogP contribution in [0.3, 0.4) is 0 Å². The molecule has 0 saturated heterocycles. The van der Waals surface area contributed by atoms with Crippen LogP contribution in [-0.2, 0) is 5.41 Å². The molecule has 0 unspecified atom stereocenters. The highest BCUT2D eigenvalue weighted by Gasteiger charge is 2.24. The summed E-state index contributed by atoms with van der Waals surface area (Å²) < 4.78 is 2.99. The SMILES string of the molecule is CC(C)(C)c1nc2c(C3=NCCN3)ccc(-c3cccc(Br)c3)n2n1. The van der Waals surface area contributed by atoms with Crippen LogP contribution in [0.1, 0.15) is 32.2 Å². The van der Waals surface area contributed by atoms with E-state index in [2.05, 4.69) is 71.3 Å². The summed E-state index contributed by atoms with van der Waals surface area (Å²) in [5.41, 5.74) is 3.83. The molecular weight excluding hydrogens is 378 g/mol. The van der Waals surface area contributed by atoms with E-state index in [9.17, 15) is 0 Å². The molecule has 1 N–H and O–H groups in total. The summed E-state index contributed by atoms with van der Waals surface area (Å²) >= 11 is 3.55. The molecule has 0 fully saturated rings. The summed E-state index contributed by atoms with van der Waals surface area (Å²) in [6.45, 7) is 8.06. The van der Waals surface area contributed by atoms with Crippen molar-refractivity contribution in [3.8, 4) is 11.3 Å². The molecule has 1 aliphatic heterocycles. The number of benzene rings is 1. The molecule has 0 bridgehead atoms. The highest BCUT2D eigenvalue weighted by molar-refractivity contribution is 9.10. The third-order valence-corrected chi connectivity index (χ3v) is 4.70. The lowest BCUT2D eigenvalue weighted by Gasteiger charge is -2.12. The first-order valence-corrected chi connectivity index (χ1v) is 9.18. The fourth-order valence-electron chi connectivity index (χ4n) is 2.91. The molecule has 0 atom stereocenters. The van der Waals surface area contributed by atoms with Gasteiger partial charge in [0, 0.05) is 22.0 Å². The van der Waals surface area contributed by atoms with Crippen molar-refractivity contribution in [2.75, 3.05) is 13.1 Å². The summed E-state index contributed by atoms with van der Waals surface area (Å²) in [6.07, 6.45) is 0. The Morgan fingerprint density at radius 1 is 1.16 bits per heavy atom. The number of nitrogens with one attached hydrogen (secondary N) is 1. The van der Waals surface area contributed by atoms with Crippen LogP contribution in [0.25, 0.3) is 16.9 Å². The second-order valence-corrected chi connectivity index (χ2v) is 8.14. The molecular formula is C19H20BrN5. The van der Waals surface area contributed by atoms with Gasteiger partial charge in [-0.2, -0.15) is 5.10 Å². The monoisotopic (exact) mass is 397 g/mol. The van der Waals surface area contributed by atoms with E-state index in [-0.39, 0.29) is 5.41 Å². The Kier molecular flexibility index (Phi) is 3.87. The van der Waals surface area contributed by atoms with E-state index in [1.54, 1.807) is 0 Å². The molecule has 5 nitrogen and oxygen atoms in total. The number of fused-ring (bicyclic) bond motifs is 1. The fraction of sp³-hybridized carbons (Fsp3) is 0.316. The van der Waals surface area contributed by atoms with Gasteiger partial charge in [0.1, 0.15) is 5.84 Å².